The predicted octanol–water partition coefficient (Wildman–Crippen LogP) is 3.51. The van der Waals surface area contributed by atoms with Crippen molar-refractivity contribution in [1.82, 2.24) is 20.1 Å². The van der Waals surface area contributed by atoms with Crippen LogP contribution < -0.4 is 0 Å². The van der Waals surface area contributed by atoms with Crippen molar-refractivity contribution < 1.29 is 4.79 Å². The van der Waals surface area contributed by atoms with Crippen molar-refractivity contribution in [3.63, 3.8) is 0 Å². The maximum Gasteiger partial charge on any atom is 0.274 e. The third-order valence-corrected chi connectivity index (χ3v) is 5.10. The van der Waals surface area contributed by atoms with Crippen molar-refractivity contribution in [1.29, 1.82) is 0 Å². The minimum absolute atomic E-state index is 0.00822. The first-order valence-corrected chi connectivity index (χ1v) is 9.20. The van der Waals surface area contributed by atoms with Crippen molar-refractivity contribution in [3.05, 3.63) is 66.1 Å². The van der Waals surface area contributed by atoms with Crippen LogP contribution in [0.1, 0.15) is 35.3 Å². The van der Waals surface area contributed by atoms with Gasteiger partial charge >= 0.3 is 0 Å². The van der Waals surface area contributed by atoms with Gasteiger partial charge in [-0.25, -0.2) is 0 Å². The van der Waals surface area contributed by atoms with Gasteiger partial charge in [0.25, 0.3) is 5.91 Å². The van der Waals surface area contributed by atoms with Crippen molar-refractivity contribution >= 4 is 16.8 Å². The number of hydrogen-bond donors (Lipinski definition) is 0. The molecule has 1 saturated heterocycles. The van der Waals surface area contributed by atoms with Crippen LogP contribution in [0, 0.1) is 5.92 Å². The third-order valence-electron chi connectivity index (χ3n) is 5.10. The Balaban J connectivity index is 1.41. The Hall–Kier alpha value is -2.82. The number of nitrogens with zero attached hydrogens (tertiary/aromatic N) is 4. The van der Waals surface area contributed by atoms with Crippen LogP contribution in [-0.4, -0.2) is 39.1 Å². The number of benzene rings is 1. The molecular weight excluding hydrogens is 324 g/mol. The number of likely N-dealkylation sites (tertiary alicyclic amines) is 1. The smallest absolute Gasteiger partial charge is 0.274 e. The second-order valence-electron chi connectivity index (χ2n) is 6.94. The Bertz CT molecular complexity index is 897. The maximum absolute atomic E-state index is 12.6. The molecule has 132 valence electrons. The van der Waals surface area contributed by atoms with E-state index in [1.54, 1.807) is 18.3 Å². The summed E-state index contributed by atoms with van der Waals surface area (Å²) >= 11 is 0. The quantitative estimate of drug-likeness (QED) is 0.728. The number of pyridine rings is 1. The Morgan fingerprint density at radius 2 is 2.04 bits per heavy atom. The van der Waals surface area contributed by atoms with E-state index < -0.39 is 0 Å². The predicted molar refractivity (Wildman–Crippen MR) is 101 cm³/mol. The van der Waals surface area contributed by atoms with Gasteiger partial charge in [0.2, 0.25) is 0 Å². The summed E-state index contributed by atoms with van der Waals surface area (Å²) in [6.07, 6.45) is 7.78. The van der Waals surface area contributed by atoms with E-state index in [2.05, 4.69) is 33.4 Å². The van der Waals surface area contributed by atoms with Crippen LogP contribution in [0.25, 0.3) is 10.9 Å². The monoisotopic (exact) mass is 346 g/mol. The molecule has 0 N–H and O–H groups in total. The Morgan fingerprint density at radius 3 is 2.92 bits per heavy atom. The topological polar surface area (TPSA) is 59.0 Å². The SMILES string of the molecule is O=C(c1cccnn1)N1CCC[C@@H](Cc2cnc3ccccc3c2)CC1. The van der Waals surface area contributed by atoms with E-state index in [0.29, 0.717) is 11.6 Å². The molecule has 3 heterocycles. The fourth-order valence-corrected chi connectivity index (χ4v) is 3.71. The zero-order valence-electron chi connectivity index (χ0n) is 14.7. The van der Waals surface area contributed by atoms with Crippen LogP contribution in [0.3, 0.4) is 0 Å². The summed E-state index contributed by atoms with van der Waals surface area (Å²) < 4.78 is 0. The molecule has 1 atom stereocenters. The molecule has 0 radical (unpaired) electrons. The lowest BCUT2D eigenvalue weighted by atomic mass is 9.93. The first kappa shape index (κ1) is 16.6. The first-order valence-electron chi connectivity index (χ1n) is 9.20. The Morgan fingerprint density at radius 1 is 1.12 bits per heavy atom. The van der Waals surface area contributed by atoms with Crippen LogP contribution in [-0.2, 0) is 6.42 Å². The van der Waals surface area contributed by atoms with Crippen molar-refractivity contribution in [2.45, 2.75) is 25.7 Å². The normalized spacial score (nSPS) is 17.8. The van der Waals surface area contributed by atoms with Gasteiger partial charge < -0.3 is 4.90 Å². The standard InChI is InChI=1S/C21H22N4O/c26-21(20-8-3-10-23-24-20)25-11-4-5-16(9-12-25)13-17-14-18-6-1-2-7-19(18)22-15-17/h1-3,6-8,10,14-16H,4-5,9,11-13H2/t16-/m1/s1. The number of carbonyl (C=O) groups is 1. The van der Waals surface area contributed by atoms with Crippen LogP contribution in [0.5, 0.6) is 0 Å². The fourth-order valence-electron chi connectivity index (χ4n) is 3.71. The molecule has 0 bridgehead atoms. The molecule has 1 fully saturated rings. The summed E-state index contributed by atoms with van der Waals surface area (Å²) in [5.41, 5.74) is 2.75. The highest BCUT2D eigenvalue weighted by molar-refractivity contribution is 5.92. The summed E-state index contributed by atoms with van der Waals surface area (Å²) in [5, 5.41) is 8.96. The van der Waals surface area contributed by atoms with Gasteiger partial charge in [0.1, 0.15) is 0 Å². The molecule has 5 heteroatoms. The van der Waals surface area contributed by atoms with E-state index >= 15 is 0 Å². The van der Waals surface area contributed by atoms with Crippen molar-refractivity contribution in [3.8, 4) is 0 Å². The van der Waals surface area contributed by atoms with Gasteiger partial charge in [-0.1, -0.05) is 18.2 Å². The average Bonchev–Trinajstić information content (AvgIpc) is 2.93. The van der Waals surface area contributed by atoms with Gasteiger partial charge in [-0.05, 0) is 61.4 Å². The lowest BCUT2D eigenvalue weighted by Crippen LogP contribution is -2.32. The summed E-state index contributed by atoms with van der Waals surface area (Å²) in [4.78, 5) is 19.1. The number of rotatable bonds is 3. The highest BCUT2D eigenvalue weighted by Gasteiger charge is 2.22. The number of hydrogen-bond acceptors (Lipinski definition) is 4. The number of amides is 1. The molecular formula is C21H22N4O. The maximum atomic E-state index is 12.6. The summed E-state index contributed by atoms with van der Waals surface area (Å²) in [6.45, 7) is 1.57. The molecule has 2 aromatic heterocycles. The molecule has 1 aromatic carbocycles. The number of fused-ring (bicyclic) bond motifs is 1. The molecule has 26 heavy (non-hydrogen) atoms. The van der Waals surface area contributed by atoms with Gasteiger partial charge in [0, 0.05) is 30.9 Å². The molecule has 4 rings (SSSR count). The lowest BCUT2D eigenvalue weighted by molar-refractivity contribution is 0.0753. The number of aromatic nitrogens is 3. The molecule has 0 aliphatic carbocycles. The molecule has 0 spiro atoms. The number of para-hydroxylation sites is 1. The first-order chi connectivity index (χ1) is 12.8. The highest BCUT2D eigenvalue weighted by atomic mass is 16.2. The van der Waals surface area contributed by atoms with Crippen molar-refractivity contribution in [2.24, 2.45) is 5.92 Å². The molecule has 5 nitrogen and oxygen atoms in total. The summed E-state index contributed by atoms with van der Waals surface area (Å²) in [5.74, 6) is 0.573. The largest absolute Gasteiger partial charge is 0.337 e. The van der Waals surface area contributed by atoms with E-state index in [1.165, 1.54) is 10.9 Å². The van der Waals surface area contributed by atoms with E-state index in [-0.39, 0.29) is 5.91 Å². The molecule has 1 amide bonds. The van der Waals surface area contributed by atoms with Gasteiger partial charge in [-0.15, -0.1) is 5.10 Å². The summed E-state index contributed by atoms with van der Waals surface area (Å²) in [6, 6.07) is 14.0. The second-order valence-corrected chi connectivity index (χ2v) is 6.94. The fraction of sp³-hybridized carbons (Fsp3) is 0.333. The average molecular weight is 346 g/mol. The van der Waals surface area contributed by atoms with Crippen LogP contribution >= 0.6 is 0 Å². The minimum Gasteiger partial charge on any atom is -0.337 e. The lowest BCUT2D eigenvalue weighted by Gasteiger charge is -2.20. The third kappa shape index (κ3) is 3.72. The zero-order chi connectivity index (χ0) is 17.8. The van der Waals surface area contributed by atoms with Crippen LogP contribution in [0.15, 0.2) is 54.9 Å². The van der Waals surface area contributed by atoms with E-state index in [9.17, 15) is 4.79 Å². The highest BCUT2D eigenvalue weighted by Crippen LogP contribution is 2.24. The van der Waals surface area contributed by atoms with Gasteiger partial charge in [0.05, 0.1) is 5.52 Å². The van der Waals surface area contributed by atoms with Gasteiger partial charge in [0.15, 0.2) is 5.69 Å². The van der Waals surface area contributed by atoms with Crippen LogP contribution in [0.4, 0.5) is 0 Å². The summed E-state index contributed by atoms with van der Waals surface area (Å²) in [7, 11) is 0. The molecule has 0 unspecified atom stereocenters. The molecule has 1 aliphatic heterocycles. The van der Waals surface area contributed by atoms with Crippen molar-refractivity contribution in [2.75, 3.05) is 13.1 Å². The van der Waals surface area contributed by atoms with Crippen LogP contribution in [0.2, 0.25) is 0 Å². The van der Waals surface area contributed by atoms with Gasteiger partial charge in [-0.2, -0.15) is 5.10 Å². The molecule has 1 aliphatic rings. The number of carbonyl (C=O) groups excluding carboxylic acids is 1. The van der Waals surface area contributed by atoms with E-state index in [0.717, 1.165) is 44.3 Å². The molecule has 0 saturated carbocycles. The Labute approximate surface area is 153 Å². The minimum atomic E-state index is -0.00822. The Kier molecular flexibility index (Phi) is 4.86. The van der Waals surface area contributed by atoms with E-state index in [4.69, 9.17) is 0 Å². The molecule has 3 aromatic rings. The zero-order valence-corrected chi connectivity index (χ0v) is 14.7. The second kappa shape index (κ2) is 7.60. The van der Waals surface area contributed by atoms with Gasteiger partial charge in [-0.3, -0.25) is 9.78 Å². The van der Waals surface area contributed by atoms with E-state index in [1.807, 2.05) is 23.2 Å².